The van der Waals surface area contributed by atoms with Crippen LogP contribution in [0.15, 0.2) is 36.7 Å². The molecule has 1 aromatic heterocycles. The first-order valence-corrected chi connectivity index (χ1v) is 12.8. The van der Waals surface area contributed by atoms with Crippen molar-refractivity contribution in [3.05, 3.63) is 53.5 Å². The normalized spacial score (nSPS) is 24.2. The topological polar surface area (TPSA) is 105 Å². The average molecular weight is 481 g/mol. The lowest BCUT2D eigenvalue weighted by atomic mass is 9.94. The van der Waals surface area contributed by atoms with E-state index in [1.165, 1.54) is 17.5 Å². The number of amides is 1. The second kappa shape index (κ2) is 11.0. The Labute approximate surface area is 206 Å². The van der Waals surface area contributed by atoms with E-state index in [1.807, 2.05) is 0 Å². The number of rotatable bonds is 6. The predicted octanol–water partition coefficient (Wildman–Crippen LogP) is 0.979. The molecule has 3 aliphatic heterocycles. The number of hydrogen-bond acceptors (Lipinski definition) is 8. The van der Waals surface area contributed by atoms with E-state index in [-0.39, 0.29) is 24.6 Å². The molecule has 3 aliphatic rings. The van der Waals surface area contributed by atoms with Crippen molar-refractivity contribution < 1.29 is 15.0 Å². The molecule has 0 radical (unpaired) electrons. The van der Waals surface area contributed by atoms with Gasteiger partial charge in [-0.05, 0) is 36.8 Å². The van der Waals surface area contributed by atoms with Crippen LogP contribution in [0.25, 0.3) is 0 Å². The second-order valence-corrected chi connectivity index (χ2v) is 9.94. The van der Waals surface area contributed by atoms with Crippen LogP contribution in [0.3, 0.4) is 0 Å². The van der Waals surface area contributed by atoms with E-state index < -0.39 is 6.10 Å². The largest absolute Gasteiger partial charge is 0.395 e. The predicted molar refractivity (Wildman–Crippen MR) is 133 cm³/mol. The molecule has 35 heavy (non-hydrogen) atoms. The van der Waals surface area contributed by atoms with Crippen LogP contribution in [-0.4, -0.2) is 105 Å². The van der Waals surface area contributed by atoms with E-state index in [9.17, 15) is 9.90 Å². The molecular formula is C26H36N6O3. The van der Waals surface area contributed by atoms with E-state index in [2.05, 4.69) is 49.4 Å². The summed E-state index contributed by atoms with van der Waals surface area (Å²) < 4.78 is 0. The number of likely N-dealkylation sites (tertiary alicyclic amines) is 2. The molecule has 1 aromatic carbocycles. The summed E-state index contributed by atoms with van der Waals surface area (Å²) >= 11 is 0. The highest BCUT2D eigenvalue weighted by Gasteiger charge is 2.35. The van der Waals surface area contributed by atoms with Crippen LogP contribution in [0.5, 0.6) is 0 Å². The third kappa shape index (κ3) is 5.64. The van der Waals surface area contributed by atoms with Crippen molar-refractivity contribution in [2.24, 2.45) is 0 Å². The highest BCUT2D eigenvalue weighted by atomic mass is 16.3. The van der Waals surface area contributed by atoms with E-state index in [0.717, 1.165) is 51.9 Å². The molecule has 2 atom stereocenters. The Morgan fingerprint density at radius 1 is 1.06 bits per heavy atom. The van der Waals surface area contributed by atoms with Crippen LogP contribution in [0.1, 0.15) is 40.9 Å². The summed E-state index contributed by atoms with van der Waals surface area (Å²) in [6.45, 7) is 5.49. The standard InChI is InChI=1S/C26H36N6O3/c33-14-13-30-9-6-21(7-10-30)29-25-15-22(27-18-28-25)26(35)32-12-8-23(24(34)17-32)31-11-5-19-3-1-2-4-20(19)16-31/h1-4,15,18,21,23-24,33-34H,5-14,16-17H2,(H,27,28,29)/t23?,24-/m0/s1. The molecule has 0 saturated carbocycles. The first-order chi connectivity index (χ1) is 17.1. The van der Waals surface area contributed by atoms with Gasteiger partial charge in [-0.25, -0.2) is 9.97 Å². The van der Waals surface area contributed by atoms with Gasteiger partial charge >= 0.3 is 0 Å². The highest BCUT2D eigenvalue weighted by molar-refractivity contribution is 5.93. The molecule has 4 heterocycles. The molecule has 1 amide bonds. The monoisotopic (exact) mass is 480 g/mol. The number of piperidine rings is 2. The van der Waals surface area contributed by atoms with Gasteiger partial charge in [-0.3, -0.25) is 9.69 Å². The Bertz CT molecular complexity index is 1010. The number of carbonyl (C=O) groups is 1. The zero-order chi connectivity index (χ0) is 24.2. The fourth-order valence-corrected chi connectivity index (χ4v) is 5.70. The number of nitrogens with one attached hydrogen (secondary N) is 1. The number of aliphatic hydroxyl groups is 2. The molecule has 0 bridgehead atoms. The number of β-amino-alcohol motifs (C(OH)–C–C–N with tert-alkyl or cyclic N) is 2. The third-order valence-corrected chi connectivity index (χ3v) is 7.70. The summed E-state index contributed by atoms with van der Waals surface area (Å²) in [4.78, 5) is 28.1. The van der Waals surface area contributed by atoms with E-state index in [1.54, 1.807) is 11.0 Å². The lowest BCUT2D eigenvalue weighted by molar-refractivity contribution is -0.0139. The van der Waals surface area contributed by atoms with Crippen molar-refractivity contribution in [1.82, 2.24) is 24.7 Å². The lowest BCUT2D eigenvalue weighted by Gasteiger charge is -2.43. The number of aliphatic hydroxyl groups excluding tert-OH is 2. The Hall–Kier alpha value is -2.59. The highest BCUT2D eigenvalue weighted by Crippen LogP contribution is 2.26. The zero-order valence-electron chi connectivity index (χ0n) is 20.2. The number of fused-ring (bicyclic) bond motifs is 1. The molecule has 2 saturated heterocycles. The van der Waals surface area contributed by atoms with Crippen molar-refractivity contribution in [3.63, 3.8) is 0 Å². The van der Waals surface area contributed by atoms with Crippen LogP contribution in [-0.2, 0) is 13.0 Å². The number of anilines is 1. The van der Waals surface area contributed by atoms with Crippen molar-refractivity contribution in [1.29, 1.82) is 0 Å². The number of hydrogen-bond donors (Lipinski definition) is 3. The van der Waals surface area contributed by atoms with Gasteiger partial charge < -0.3 is 25.3 Å². The Kier molecular flexibility index (Phi) is 7.57. The van der Waals surface area contributed by atoms with Gasteiger partial charge in [0.25, 0.3) is 5.91 Å². The summed E-state index contributed by atoms with van der Waals surface area (Å²) in [6.07, 6.45) is 4.53. The van der Waals surface area contributed by atoms with Crippen LogP contribution in [0.2, 0.25) is 0 Å². The Balaban J connectivity index is 1.16. The van der Waals surface area contributed by atoms with E-state index >= 15 is 0 Å². The molecule has 9 nitrogen and oxygen atoms in total. The van der Waals surface area contributed by atoms with E-state index in [0.29, 0.717) is 31.1 Å². The number of benzene rings is 1. The molecule has 188 valence electrons. The van der Waals surface area contributed by atoms with Gasteiger partial charge in [0, 0.05) is 64.0 Å². The fraction of sp³-hybridized carbons (Fsp3) is 0.577. The van der Waals surface area contributed by atoms with Gasteiger partial charge in [0.05, 0.1) is 12.7 Å². The molecule has 0 spiro atoms. The van der Waals surface area contributed by atoms with Gasteiger partial charge in [0.15, 0.2) is 0 Å². The van der Waals surface area contributed by atoms with Crippen LogP contribution < -0.4 is 5.32 Å². The summed E-state index contributed by atoms with van der Waals surface area (Å²) in [7, 11) is 0. The van der Waals surface area contributed by atoms with E-state index in [4.69, 9.17) is 5.11 Å². The third-order valence-electron chi connectivity index (χ3n) is 7.70. The molecule has 3 N–H and O–H groups in total. The van der Waals surface area contributed by atoms with Crippen molar-refractivity contribution in [2.75, 3.05) is 51.2 Å². The fourth-order valence-electron chi connectivity index (χ4n) is 5.70. The van der Waals surface area contributed by atoms with Crippen LogP contribution in [0, 0.1) is 0 Å². The van der Waals surface area contributed by atoms with Crippen LogP contribution >= 0.6 is 0 Å². The van der Waals surface area contributed by atoms with Crippen molar-refractivity contribution in [2.45, 2.75) is 50.4 Å². The maximum absolute atomic E-state index is 13.2. The summed E-state index contributed by atoms with van der Waals surface area (Å²) in [5.41, 5.74) is 3.09. The van der Waals surface area contributed by atoms with Gasteiger partial charge in [-0.2, -0.15) is 0 Å². The Morgan fingerprint density at radius 2 is 1.86 bits per heavy atom. The minimum absolute atomic E-state index is 0.0618. The summed E-state index contributed by atoms with van der Waals surface area (Å²) in [5, 5.41) is 23.5. The quantitative estimate of drug-likeness (QED) is 0.562. The molecule has 1 unspecified atom stereocenters. The molecular weight excluding hydrogens is 444 g/mol. The average Bonchev–Trinajstić information content (AvgIpc) is 2.89. The molecule has 5 rings (SSSR count). The zero-order valence-corrected chi connectivity index (χ0v) is 20.2. The lowest BCUT2D eigenvalue weighted by Crippen LogP contribution is -2.56. The maximum atomic E-state index is 13.2. The van der Waals surface area contributed by atoms with Crippen molar-refractivity contribution in [3.8, 4) is 0 Å². The van der Waals surface area contributed by atoms with Crippen LogP contribution in [0.4, 0.5) is 5.82 Å². The first kappa shape index (κ1) is 24.1. The van der Waals surface area contributed by atoms with Gasteiger partial charge in [0.1, 0.15) is 17.8 Å². The van der Waals surface area contributed by atoms with Gasteiger partial charge in [-0.15, -0.1) is 0 Å². The van der Waals surface area contributed by atoms with Crippen molar-refractivity contribution >= 4 is 11.7 Å². The first-order valence-electron chi connectivity index (χ1n) is 12.8. The number of carbonyl (C=O) groups excluding carboxylic acids is 1. The number of aromatic nitrogens is 2. The molecule has 2 aromatic rings. The maximum Gasteiger partial charge on any atom is 0.272 e. The summed E-state index contributed by atoms with van der Waals surface area (Å²) in [5.74, 6) is 0.501. The SMILES string of the molecule is O=C(c1cc(NC2CCN(CCO)CC2)ncn1)N1CCC(N2CCc3ccccc3C2)[C@@H](O)C1. The minimum Gasteiger partial charge on any atom is -0.395 e. The molecule has 2 fully saturated rings. The second-order valence-electron chi connectivity index (χ2n) is 9.94. The Morgan fingerprint density at radius 3 is 2.63 bits per heavy atom. The number of nitrogens with zero attached hydrogens (tertiary/aromatic N) is 5. The minimum atomic E-state index is -0.582. The molecule has 0 aliphatic carbocycles. The molecule has 9 heteroatoms. The van der Waals surface area contributed by atoms with Gasteiger partial charge in [-0.1, -0.05) is 24.3 Å². The van der Waals surface area contributed by atoms with Gasteiger partial charge in [0.2, 0.25) is 0 Å². The smallest absolute Gasteiger partial charge is 0.272 e. The summed E-state index contributed by atoms with van der Waals surface area (Å²) in [6, 6.07) is 10.6.